The molecule has 1 heterocycles. The van der Waals surface area contributed by atoms with Gasteiger partial charge < -0.3 is 5.32 Å². The molecule has 3 atom stereocenters. The zero-order chi connectivity index (χ0) is 7.68. The van der Waals surface area contributed by atoms with Crippen LogP contribution in [0, 0.1) is 11.8 Å². The van der Waals surface area contributed by atoms with Crippen LogP contribution in [0.25, 0.3) is 0 Å². The highest BCUT2D eigenvalue weighted by Gasteiger charge is 2.31. The predicted octanol–water partition coefficient (Wildman–Crippen LogP) is 2.17. The van der Waals surface area contributed by atoms with Gasteiger partial charge in [-0.15, -0.1) is 0 Å². The molecular weight excluding hydrogens is 134 g/mol. The Morgan fingerprint density at radius 1 is 1.09 bits per heavy atom. The second-order valence-electron chi connectivity index (χ2n) is 4.24. The summed E-state index contributed by atoms with van der Waals surface area (Å²) in [7, 11) is 0. The zero-order valence-corrected chi connectivity index (χ0v) is 7.47. The predicted molar refractivity (Wildman–Crippen MR) is 47.5 cm³/mol. The molecule has 1 heteroatoms. The lowest BCUT2D eigenvalue weighted by molar-refractivity contribution is 0.142. The van der Waals surface area contributed by atoms with Gasteiger partial charge in [0.25, 0.3) is 0 Å². The second-order valence-corrected chi connectivity index (χ2v) is 4.24. The van der Waals surface area contributed by atoms with Gasteiger partial charge in [-0.2, -0.15) is 0 Å². The summed E-state index contributed by atoms with van der Waals surface area (Å²) in [6.45, 7) is 3.63. The van der Waals surface area contributed by atoms with Gasteiger partial charge in [0, 0.05) is 6.04 Å². The monoisotopic (exact) mass is 153 g/mol. The molecule has 0 aromatic rings. The molecule has 0 unspecified atom stereocenters. The number of hydrogen-bond donors (Lipinski definition) is 1. The van der Waals surface area contributed by atoms with E-state index >= 15 is 0 Å². The van der Waals surface area contributed by atoms with Gasteiger partial charge in [0.2, 0.25) is 0 Å². The molecule has 1 N–H and O–H groups in total. The molecule has 0 amide bonds. The number of nitrogens with one attached hydrogen (secondary N) is 1. The first-order valence-electron chi connectivity index (χ1n) is 5.11. The normalized spacial score (nSPS) is 45.0. The Labute approximate surface area is 69.6 Å². The number of fused-ring (bicyclic) bond motifs is 1. The standard InChI is InChI=1S/C10H19N/c1-8-10-5-3-2-4-9(10)6-7-11-8/h8-11H,2-7H2,1H3/t8-,9+,10-/m1/s1. The van der Waals surface area contributed by atoms with E-state index in [4.69, 9.17) is 0 Å². The quantitative estimate of drug-likeness (QED) is 0.562. The maximum atomic E-state index is 3.58. The fourth-order valence-corrected chi connectivity index (χ4v) is 2.90. The third kappa shape index (κ3) is 1.44. The van der Waals surface area contributed by atoms with Crippen LogP contribution in [0.3, 0.4) is 0 Å². The zero-order valence-electron chi connectivity index (χ0n) is 7.47. The Morgan fingerprint density at radius 3 is 2.73 bits per heavy atom. The van der Waals surface area contributed by atoms with E-state index in [1.165, 1.54) is 38.6 Å². The summed E-state index contributed by atoms with van der Waals surface area (Å²) >= 11 is 0. The van der Waals surface area contributed by atoms with Gasteiger partial charge in [-0.3, -0.25) is 0 Å². The maximum Gasteiger partial charge on any atom is 0.00696 e. The van der Waals surface area contributed by atoms with Crippen molar-refractivity contribution in [1.29, 1.82) is 0 Å². The Hall–Kier alpha value is -0.0400. The van der Waals surface area contributed by atoms with E-state index in [1.54, 1.807) is 0 Å². The van der Waals surface area contributed by atoms with Gasteiger partial charge in [-0.25, -0.2) is 0 Å². The lowest BCUT2D eigenvalue weighted by atomic mass is 9.72. The summed E-state index contributed by atoms with van der Waals surface area (Å²) in [6.07, 6.45) is 7.41. The summed E-state index contributed by atoms with van der Waals surface area (Å²) in [4.78, 5) is 0. The fraction of sp³-hybridized carbons (Fsp3) is 1.00. The van der Waals surface area contributed by atoms with E-state index in [1.807, 2.05) is 0 Å². The van der Waals surface area contributed by atoms with Gasteiger partial charge in [-0.05, 0) is 38.1 Å². The molecule has 0 aromatic carbocycles. The molecule has 1 saturated heterocycles. The van der Waals surface area contributed by atoms with E-state index in [-0.39, 0.29) is 0 Å². The van der Waals surface area contributed by atoms with E-state index in [9.17, 15) is 0 Å². The highest BCUT2D eigenvalue weighted by Crippen LogP contribution is 2.36. The van der Waals surface area contributed by atoms with Crippen LogP contribution in [-0.4, -0.2) is 12.6 Å². The van der Waals surface area contributed by atoms with E-state index < -0.39 is 0 Å². The van der Waals surface area contributed by atoms with Crippen LogP contribution in [0.4, 0.5) is 0 Å². The fourth-order valence-electron chi connectivity index (χ4n) is 2.90. The molecule has 0 bridgehead atoms. The maximum absolute atomic E-state index is 3.58. The molecule has 0 radical (unpaired) electrons. The minimum Gasteiger partial charge on any atom is -0.314 e. The summed E-state index contributed by atoms with van der Waals surface area (Å²) < 4.78 is 0. The van der Waals surface area contributed by atoms with Gasteiger partial charge in [0.1, 0.15) is 0 Å². The SMILES string of the molecule is C[C@H]1NCC[C@@H]2CCCC[C@@H]21. The van der Waals surface area contributed by atoms with Crippen LogP contribution in [0.1, 0.15) is 39.0 Å². The van der Waals surface area contributed by atoms with E-state index in [0.717, 1.165) is 17.9 Å². The Morgan fingerprint density at radius 2 is 1.91 bits per heavy atom. The molecule has 2 fully saturated rings. The molecule has 0 aromatic heterocycles. The topological polar surface area (TPSA) is 12.0 Å². The van der Waals surface area contributed by atoms with Crippen molar-refractivity contribution in [3.05, 3.63) is 0 Å². The Kier molecular flexibility index (Phi) is 2.17. The molecular formula is C10H19N. The third-order valence-corrected chi connectivity index (χ3v) is 3.59. The molecule has 1 saturated carbocycles. The molecule has 0 spiro atoms. The highest BCUT2D eigenvalue weighted by molar-refractivity contribution is 4.86. The molecule has 2 rings (SSSR count). The molecule has 1 nitrogen and oxygen atoms in total. The third-order valence-electron chi connectivity index (χ3n) is 3.59. The molecule has 1 aliphatic carbocycles. The average molecular weight is 153 g/mol. The van der Waals surface area contributed by atoms with Crippen LogP contribution >= 0.6 is 0 Å². The lowest BCUT2D eigenvalue weighted by Crippen LogP contribution is -2.45. The largest absolute Gasteiger partial charge is 0.314 e. The van der Waals surface area contributed by atoms with Crippen molar-refractivity contribution in [2.75, 3.05) is 6.54 Å². The highest BCUT2D eigenvalue weighted by atomic mass is 14.9. The number of rotatable bonds is 0. The summed E-state index contributed by atoms with van der Waals surface area (Å²) in [6, 6.07) is 0.800. The van der Waals surface area contributed by atoms with Crippen molar-refractivity contribution in [2.24, 2.45) is 11.8 Å². The first-order chi connectivity index (χ1) is 5.38. The molecule has 64 valence electrons. The van der Waals surface area contributed by atoms with E-state index in [2.05, 4.69) is 12.2 Å². The summed E-state index contributed by atoms with van der Waals surface area (Å²) in [5.74, 6) is 2.08. The Bertz CT molecular complexity index is 131. The van der Waals surface area contributed by atoms with Crippen molar-refractivity contribution in [2.45, 2.75) is 45.1 Å². The molecule has 2 aliphatic rings. The van der Waals surface area contributed by atoms with Crippen molar-refractivity contribution in [3.8, 4) is 0 Å². The minimum absolute atomic E-state index is 0.800. The minimum atomic E-state index is 0.800. The van der Waals surface area contributed by atoms with Gasteiger partial charge >= 0.3 is 0 Å². The van der Waals surface area contributed by atoms with E-state index in [0.29, 0.717) is 0 Å². The smallest absolute Gasteiger partial charge is 0.00696 e. The lowest BCUT2D eigenvalue weighted by Gasteiger charge is -2.40. The van der Waals surface area contributed by atoms with Crippen molar-refractivity contribution >= 4 is 0 Å². The van der Waals surface area contributed by atoms with Crippen LogP contribution in [0.2, 0.25) is 0 Å². The number of hydrogen-bond acceptors (Lipinski definition) is 1. The van der Waals surface area contributed by atoms with Gasteiger partial charge in [-0.1, -0.05) is 19.3 Å². The van der Waals surface area contributed by atoms with Crippen LogP contribution in [-0.2, 0) is 0 Å². The number of piperidine rings is 1. The Balaban J connectivity index is 1.99. The van der Waals surface area contributed by atoms with Crippen LogP contribution in [0.15, 0.2) is 0 Å². The average Bonchev–Trinajstić information content (AvgIpc) is 2.06. The summed E-state index contributed by atoms with van der Waals surface area (Å²) in [5, 5.41) is 3.58. The van der Waals surface area contributed by atoms with Crippen molar-refractivity contribution in [1.82, 2.24) is 5.32 Å². The van der Waals surface area contributed by atoms with Crippen molar-refractivity contribution < 1.29 is 0 Å². The second kappa shape index (κ2) is 3.14. The first-order valence-corrected chi connectivity index (χ1v) is 5.11. The first kappa shape index (κ1) is 7.60. The van der Waals surface area contributed by atoms with Gasteiger partial charge in [0.05, 0.1) is 0 Å². The molecule has 1 aliphatic heterocycles. The summed E-state index contributed by atoms with van der Waals surface area (Å²) in [5.41, 5.74) is 0. The molecule has 11 heavy (non-hydrogen) atoms. The van der Waals surface area contributed by atoms with Crippen LogP contribution < -0.4 is 5.32 Å². The van der Waals surface area contributed by atoms with Gasteiger partial charge in [0.15, 0.2) is 0 Å². The van der Waals surface area contributed by atoms with Crippen molar-refractivity contribution in [3.63, 3.8) is 0 Å². The van der Waals surface area contributed by atoms with Crippen LogP contribution in [0.5, 0.6) is 0 Å².